The fraction of sp³-hybridized carbons (Fsp3) is 0.167. The van der Waals surface area contributed by atoms with Crippen LogP contribution in [0.15, 0.2) is 57.5 Å². The fourth-order valence-electron chi connectivity index (χ4n) is 2.48. The molecule has 3 rings (SSSR count). The molecule has 5 nitrogen and oxygen atoms in total. The first-order valence-electron chi connectivity index (χ1n) is 7.60. The number of hydrogen-bond donors (Lipinski definition) is 1. The lowest BCUT2D eigenvalue weighted by Gasteiger charge is -2.04. The number of primary amides is 1. The highest BCUT2D eigenvalue weighted by Crippen LogP contribution is 2.19. The van der Waals surface area contributed by atoms with Crippen molar-refractivity contribution in [2.45, 2.75) is 19.3 Å². The monoisotopic (exact) mass is 385 g/mol. The van der Waals surface area contributed by atoms with Gasteiger partial charge in [-0.1, -0.05) is 39.3 Å². The van der Waals surface area contributed by atoms with Crippen LogP contribution in [0.1, 0.15) is 28.2 Å². The van der Waals surface area contributed by atoms with Crippen LogP contribution < -0.4 is 5.73 Å². The second kappa shape index (κ2) is 7.40. The van der Waals surface area contributed by atoms with Crippen molar-refractivity contribution in [3.05, 3.63) is 70.0 Å². The number of rotatable bonds is 6. The number of carbonyl (C=O) groups is 1. The molecule has 0 unspecified atom stereocenters. The second-order valence-electron chi connectivity index (χ2n) is 5.39. The molecule has 0 aliphatic rings. The third-order valence-corrected chi connectivity index (χ3v) is 4.22. The molecule has 122 valence electrons. The number of nitrogens with zero attached hydrogens (tertiary/aromatic N) is 2. The minimum atomic E-state index is -0.402. The molecule has 0 spiro atoms. The summed E-state index contributed by atoms with van der Waals surface area (Å²) in [5.74, 6) is 0.764. The molecular weight excluding hydrogens is 370 g/mol. The molecule has 1 amide bonds. The largest absolute Gasteiger partial charge is 0.366 e. The Morgan fingerprint density at radius 2 is 1.83 bits per heavy atom. The molecule has 0 fully saturated rings. The van der Waals surface area contributed by atoms with E-state index < -0.39 is 5.91 Å². The summed E-state index contributed by atoms with van der Waals surface area (Å²) < 4.78 is 6.30. The van der Waals surface area contributed by atoms with Gasteiger partial charge in [-0.2, -0.15) is 4.98 Å². The van der Waals surface area contributed by atoms with Crippen LogP contribution in [-0.2, 0) is 12.8 Å². The number of benzene rings is 2. The molecule has 3 aromatic rings. The molecule has 1 heterocycles. The van der Waals surface area contributed by atoms with Crippen LogP contribution >= 0.6 is 15.9 Å². The van der Waals surface area contributed by atoms with Crippen molar-refractivity contribution in [1.82, 2.24) is 10.1 Å². The first-order chi connectivity index (χ1) is 11.6. The highest BCUT2D eigenvalue weighted by Gasteiger charge is 2.10. The molecule has 0 aliphatic carbocycles. The van der Waals surface area contributed by atoms with Crippen molar-refractivity contribution in [2.75, 3.05) is 0 Å². The molecule has 2 aromatic carbocycles. The Kier molecular flexibility index (Phi) is 5.05. The van der Waals surface area contributed by atoms with Gasteiger partial charge in [0, 0.05) is 22.0 Å². The lowest BCUT2D eigenvalue weighted by molar-refractivity contribution is 0.0999. The van der Waals surface area contributed by atoms with Gasteiger partial charge < -0.3 is 10.3 Å². The Morgan fingerprint density at radius 3 is 2.58 bits per heavy atom. The van der Waals surface area contributed by atoms with Crippen LogP contribution in [0.5, 0.6) is 0 Å². The van der Waals surface area contributed by atoms with Crippen LogP contribution in [0.4, 0.5) is 0 Å². The lowest BCUT2D eigenvalue weighted by atomic mass is 10.0. The molecule has 0 aliphatic heterocycles. The van der Waals surface area contributed by atoms with E-state index in [1.54, 1.807) is 6.07 Å². The maximum atomic E-state index is 11.4. The quantitative estimate of drug-likeness (QED) is 0.699. The van der Waals surface area contributed by atoms with E-state index >= 15 is 0 Å². The van der Waals surface area contributed by atoms with Crippen molar-refractivity contribution >= 4 is 21.8 Å². The zero-order valence-electron chi connectivity index (χ0n) is 12.9. The summed E-state index contributed by atoms with van der Waals surface area (Å²) in [6.07, 6.45) is 2.18. The summed E-state index contributed by atoms with van der Waals surface area (Å²) in [7, 11) is 0. The van der Waals surface area contributed by atoms with Crippen molar-refractivity contribution in [1.29, 1.82) is 0 Å². The predicted octanol–water partition coefficient (Wildman–Crippen LogP) is 3.77. The van der Waals surface area contributed by atoms with E-state index in [4.69, 9.17) is 10.3 Å². The van der Waals surface area contributed by atoms with E-state index in [1.165, 1.54) is 0 Å². The third-order valence-electron chi connectivity index (χ3n) is 3.69. The average Bonchev–Trinajstić information content (AvgIpc) is 3.05. The molecule has 24 heavy (non-hydrogen) atoms. The Labute approximate surface area is 148 Å². The number of aromatic nitrogens is 2. The maximum Gasteiger partial charge on any atom is 0.248 e. The summed E-state index contributed by atoms with van der Waals surface area (Å²) in [5.41, 5.74) is 7.81. The smallest absolute Gasteiger partial charge is 0.248 e. The Balaban J connectivity index is 1.62. The summed E-state index contributed by atoms with van der Waals surface area (Å²) in [4.78, 5) is 15.8. The fourth-order valence-corrected chi connectivity index (χ4v) is 2.75. The minimum absolute atomic E-state index is 0.402. The SMILES string of the molecule is NC(=O)c1ccccc1CCCc1nc(-c2ccc(Br)cc2)no1. The van der Waals surface area contributed by atoms with Crippen LogP contribution in [0.2, 0.25) is 0 Å². The van der Waals surface area contributed by atoms with Crippen molar-refractivity contribution < 1.29 is 9.32 Å². The van der Waals surface area contributed by atoms with Gasteiger partial charge in [0.2, 0.25) is 17.6 Å². The predicted molar refractivity (Wildman–Crippen MR) is 94.4 cm³/mol. The molecule has 0 atom stereocenters. The van der Waals surface area contributed by atoms with E-state index in [1.807, 2.05) is 42.5 Å². The molecule has 0 radical (unpaired) electrons. The number of hydrogen-bond acceptors (Lipinski definition) is 4. The number of nitrogens with two attached hydrogens (primary N) is 1. The van der Waals surface area contributed by atoms with Crippen molar-refractivity contribution in [2.24, 2.45) is 5.73 Å². The van der Waals surface area contributed by atoms with E-state index in [-0.39, 0.29) is 0 Å². The number of aryl methyl sites for hydroxylation is 2. The average molecular weight is 386 g/mol. The Morgan fingerprint density at radius 1 is 1.08 bits per heavy atom. The van der Waals surface area contributed by atoms with Gasteiger partial charge in [0.25, 0.3) is 0 Å². The van der Waals surface area contributed by atoms with E-state index in [0.29, 0.717) is 23.7 Å². The molecule has 2 N–H and O–H groups in total. The van der Waals surface area contributed by atoms with Crippen LogP contribution in [0.3, 0.4) is 0 Å². The molecule has 0 saturated carbocycles. The maximum absolute atomic E-state index is 11.4. The first-order valence-corrected chi connectivity index (χ1v) is 8.39. The number of amides is 1. The van der Waals surface area contributed by atoms with Gasteiger partial charge in [0.05, 0.1) is 0 Å². The van der Waals surface area contributed by atoms with E-state index in [9.17, 15) is 4.79 Å². The van der Waals surface area contributed by atoms with Crippen LogP contribution in [0, 0.1) is 0 Å². The molecule has 1 aromatic heterocycles. The second-order valence-corrected chi connectivity index (χ2v) is 6.31. The summed E-state index contributed by atoms with van der Waals surface area (Å²) in [5, 5.41) is 4.01. The standard InChI is InChI=1S/C18H16BrN3O2/c19-14-10-8-13(9-11-14)18-21-16(24-22-18)7-3-5-12-4-1-2-6-15(12)17(20)23/h1-2,4,6,8-11H,3,5,7H2,(H2,20,23). The highest BCUT2D eigenvalue weighted by atomic mass is 79.9. The van der Waals surface area contributed by atoms with Crippen molar-refractivity contribution in [3.8, 4) is 11.4 Å². The molecule has 0 bridgehead atoms. The van der Waals surface area contributed by atoms with Gasteiger partial charge >= 0.3 is 0 Å². The Hall–Kier alpha value is -2.47. The third kappa shape index (κ3) is 3.89. The number of carbonyl (C=O) groups excluding carboxylic acids is 1. The van der Waals surface area contributed by atoms with Gasteiger partial charge in [0.1, 0.15) is 0 Å². The molecule has 6 heteroatoms. The molecular formula is C18H16BrN3O2. The zero-order chi connectivity index (χ0) is 16.9. The van der Waals surface area contributed by atoms with E-state index in [0.717, 1.165) is 28.4 Å². The van der Waals surface area contributed by atoms with Crippen LogP contribution in [-0.4, -0.2) is 16.0 Å². The highest BCUT2D eigenvalue weighted by molar-refractivity contribution is 9.10. The van der Waals surface area contributed by atoms with Gasteiger partial charge in [-0.15, -0.1) is 0 Å². The minimum Gasteiger partial charge on any atom is -0.366 e. The lowest BCUT2D eigenvalue weighted by Crippen LogP contribution is -2.13. The van der Waals surface area contributed by atoms with Crippen LogP contribution in [0.25, 0.3) is 11.4 Å². The van der Waals surface area contributed by atoms with Gasteiger partial charge in [-0.25, -0.2) is 0 Å². The summed E-state index contributed by atoms with van der Waals surface area (Å²) >= 11 is 3.40. The number of halogens is 1. The normalized spacial score (nSPS) is 10.7. The topological polar surface area (TPSA) is 82.0 Å². The Bertz CT molecular complexity index is 843. The van der Waals surface area contributed by atoms with E-state index in [2.05, 4.69) is 26.1 Å². The first kappa shape index (κ1) is 16.4. The molecule has 0 saturated heterocycles. The zero-order valence-corrected chi connectivity index (χ0v) is 14.5. The van der Waals surface area contributed by atoms with Gasteiger partial charge in [0.15, 0.2) is 0 Å². The van der Waals surface area contributed by atoms with Gasteiger partial charge in [-0.3, -0.25) is 4.79 Å². The van der Waals surface area contributed by atoms with Gasteiger partial charge in [-0.05, 0) is 48.7 Å². The summed E-state index contributed by atoms with van der Waals surface area (Å²) in [6, 6.07) is 15.1. The van der Waals surface area contributed by atoms with Crippen molar-refractivity contribution in [3.63, 3.8) is 0 Å². The summed E-state index contributed by atoms with van der Waals surface area (Å²) in [6.45, 7) is 0.